The monoisotopic (exact) mass is 689 g/mol. The molecule has 1 aliphatic heterocycles. The van der Waals surface area contributed by atoms with Crippen molar-refractivity contribution in [2.24, 2.45) is 0 Å². The van der Waals surface area contributed by atoms with Crippen LogP contribution in [0.25, 0.3) is 6.08 Å². The molecule has 0 N–H and O–H groups in total. The van der Waals surface area contributed by atoms with Crippen molar-refractivity contribution in [2.45, 2.75) is 18.4 Å². The van der Waals surface area contributed by atoms with Crippen LogP contribution in [0.5, 0.6) is 11.5 Å². The number of carbonyl (C=O) groups excluding carboxylic acids is 2. The van der Waals surface area contributed by atoms with E-state index in [0.29, 0.717) is 24.7 Å². The molecular weight excluding hydrogens is 672 g/mol. The topological polar surface area (TPSA) is 90.0 Å². The first kappa shape index (κ1) is 27.8. The highest BCUT2D eigenvalue weighted by Crippen LogP contribution is 2.39. The molecule has 0 saturated carbocycles. The summed E-state index contributed by atoms with van der Waals surface area (Å²) in [4.78, 5) is 26.9. The first-order valence-corrected chi connectivity index (χ1v) is 14.8. The van der Waals surface area contributed by atoms with Crippen molar-refractivity contribution in [3.63, 3.8) is 0 Å². The van der Waals surface area contributed by atoms with Crippen LogP contribution in [0, 0.1) is 3.57 Å². The van der Waals surface area contributed by atoms with Gasteiger partial charge >= 0.3 is 10.1 Å². The maximum Gasteiger partial charge on any atom is 0.339 e. The molecule has 12 heteroatoms. The van der Waals surface area contributed by atoms with Crippen LogP contribution in [0.3, 0.4) is 0 Å². The quantitative estimate of drug-likeness (QED) is 0.143. The van der Waals surface area contributed by atoms with Gasteiger partial charge < -0.3 is 8.92 Å². The van der Waals surface area contributed by atoms with Gasteiger partial charge in [-0.25, -0.2) is 0 Å². The van der Waals surface area contributed by atoms with Crippen LogP contribution in [0.2, 0.25) is 10.0 Å². The summed E-state index contributed by atoms with van der Waals surface area (Å²) < 4.78 is 37.1. The number of imide groups is 1. The normalized spacial score (nSPS) is 14.9. The summed E-state index contributed by atoms with van der Waals surface area (Å²) in [7, 11) is -4.10. The van der Waals surface area contributed by atoms with E-state index in [-0.39, 0.29) is 34.5 Å². The summed E-state index contributed by atoms with van der Waals surface area (Å²) >= 11 is 15.1. The number of carbonyl (C=O) groups is 2. The maximum atomic E-state index is 13.0. The molecule has 0 atom stereocenters. The third-order valence-corrected chi connectivity index (χ3v) is 8.76. The molecule has 4 rings (SSSR count). The highest BCUT2D eigenvalue weighted by molar-refractivity contribution is 14.1. The van der Waals surface area contributed by atoms with Gasteiger partial charge in [0.1, 0.15) is 4.90 Å². The zero-order chi connectivity index (χ0) is 26.7. The second-order valence-electron chi connectivity index (χ2n) is 7.58. The molecule has 7 nitrogen and oxygen atoms in total. The summed E-state index contributed by atoms with van der Waals surface area (Å²) in [5, 5.41) is 0.251. The maximum absolute atomic E-state index is 13.0. The third kappa shape index (κ3) is 6.26. The summed E-state index contributed by atoms with van der Waals surface area (Å²) in [5.41, 5.74) is 1.00. The van der Waals surface area contributed by atoms with Crippen molar-refractivity contribution in [2.75, 3.05) is 6.61 Å². The van der Waals surface area contributed by atoms with Gasteiger partial charge in [-0.1, -0.05) is 47.5 Å². The average molecular weight is 690 g/mol. The smallest absolute Gasteiger partial charge is 0.339 e. The Bertz CT molecular complexity index is 1490. The lowest BCUT2D eigenvalue weighted by Crippen LogP contribution is -2.27. The number of rotatable bonds is 8. The lowest BCUT2D eigenvalue weighted by atomic mass is 10.1. The van der Waals surface area contributed by atoms with Crippen molar-refractivity contribution >= 4 is 84.9 Å². The Balaban J connectivity index is 1.64. The predicted molar refractivity (Wildman–Crippen MR) is 153 cm³/mol. The summed E-state index contributed by atoms with van der Waals surface area (Å²) in [6, 6.07) is 15.9. The molecule has 192 valence electrons. The van der Waals surface area contributed by atoms with E-state index in [4.69, 9.17) is 32.1 Å². The zero-order valence-corrected chi connectivity index (χ0v) is 24.4. The third-order valence-electron chi connectivity index (χ3n) is 5.11. The fourth-order valence-corrected chi connectivity index (χ4v) is 6.61. The van der Waals surface area contributed by atoms with E-state index >= 15 is 0 Å². The Hall–Kier alpha value is -2.25. The molecule has 0 spiro atoms. The van der Waals surface area contributed by atoms with E-state index in [2.05, 4.69) is 0 Å². The molecule has 2 amide bonds. The Morgan fingerprint density at radius 2 is 1.70 bits per heavy atom. The van der Waals surface area contributed by atoms with Crippen molar-refractivity contribution < 1.29 is 26.9 Å². The Morgan fingerprint density at radius 3 is 2.35 bits per heavy atom. The lowest BCUT2D eigenvalue weighted by Gasteiger charge is -2.15. The van der Waals surface area contributed by atoms with Gasteiger partial charge in [0.15, 0.2) is 11.5 Å². The van der Waals surface area contributed by atoms with Crippen molar-refractivity contribution in [1.82, 2.24) is 4.90 Å². The number of ether oxygens (including phenoxy) is 1. The van der Waals surface area contributed by atoms with Crippen molar-refractivity contribution in [1.29, 1.82) is 0 Å². The highest BCUT2D eigenvalue weighted by Gasteiger charge is 2.36. The fraction of sp³-hybridized carbons (Fsp3) is 0.120. The fourth-order valence-electron chi connectivity index (χ4n) is 3.39. The van der Waals surface area contributed by atoms with Crippen molar-refractivity contribution in [3.8, 4) is 11.5 Å². The van der Waals surface area contributed by atoms with Crippen LogP contribution in [-0.2, 0) is 21.5 Å². The molecule has 0 aromatic heterocycles. The molecule has 37 heavy (non-hydrogen) atoms. The second kappa shape index (κ2) is 11.6. The Morgan fingerprint density at radius 1 is 1.03 bits per heavy atom. The number of hydrogen-bond acceptors (Lipinski definition) is 7. The van der Waals surface area contributed by atoms with Gasteiger partial charge in [0, 0.05) is 15.6 Å². The predicted octanol–water partition coefficient (Wildman–Crippen LogP) is 7.00. The number of benzene rings is 3. The number of halogens is 3. The van der Waals surface area contributed by atoms with E-state index in [1.54, 1.807) is 61.5 Å². The number of thioether (sulfide) groups is 1. The van der Waals surface area contributed by atoms with Gasteiger partial charge in [-0.3, -0.25) is 14.5 Å². The van der Waals surface area contributed by atoms with E-state index in [0.717, 1.165) is 16.7 Å². The summed E-state index contributed by atoms with van der Waals surface area (Å²) in [6.07, 6.45) is 1.54. The lowest BCUT2D eigenvalue weighted by molar-refractivity contribution is -0.123. The number of hydrogen-bond donors (Lipinski definition) is 0. The molecule has 1 fully saturated rings. The zero-order valence-electron chi connectivity index (χ0n) is 19.1. The molecule has 0 radical (unpaired) electrons. The summed E-state index contributed by atoms with van der Waals surface area (Å²) in [6.45, 7) is 1.93. The molecule has 1 aliphatic rings. The largest absolute Gasteiger partial charge is 0.490 e. The van der Waals surface area contributed by atoms with E-state index in [1.165, 1.54) is 12.1 Å². The molecule has 1 saturated heterocycles. The van der Waals surface area contributed by atoms with Gasteiger partial charge in [0.2, 0.25) is 0 Å². The average Bonchev–Trinajstić information content (AvgIpc) is 3.11. The molecule has 0 aliphatic carbocycles. The van der Waals surface area contributed by atoms with Crippen LogP contribution < -0.4 is 8.92 Å². The minimum Gasteiger partial charge on any atom is -0.490 e. The standard InChI is InChI=1S/C25H18Cl2INO6S2/c1-2-34-21-12-15(11-20(28)23(21)35-37(32,33)16-7-4-3-5-8-16)13-22-24(30)29(25(31)36-22)14-17-18(26)9-6-10-19(17)27/h3-13H,2,14H2,1H3/b22-13-. The second-order valence-corrected chi connectivity index (χ2v) is 12.1. The minimum absolute atomic E-state index is 0.00428. The van der Waals surface area contributed by atoms with Gasteiger partial charge in [-0.05, 0) is 89.3 Å². The molecule has 3 aromatic carbocycles. The van der Waals surface area contributed by atoms with Gasteiger partial charge in [-0.15, -0.1) is 0 Å². The van der Waals surface area contributed by atoms with Crippen LogP contribution in [0.15, 0.2) is 70.5 Å². The SMILES string of the molecule is CCOc1cc(/C=C2\SC(=O)N(Cc3c(Cl)cccc3Cl)C2=O)cc(I)c1OS(=O)(=O)c1ccccc1. The first-order chi connectivity index (χ1) is 17.6. The highest BCUT2D eigenvalue weighted by atomic mass is 127. The van der Waals surface area contributed by atoms with Gasteiger partial charge in [0.25, 0.3) is 11.1 Å². The molecule has 3 aromatic rings. The molecule has 0 unspecified atom stereocenters. The number of amides is 2. The van der Waals surface area contributed by atoms with Gasteiger partial charge in [-0.2, -0.15) is 8.42 Å². The van der Waals surface area contributed by atoms with E-state index in [1.807, 2.05) is 22.6 Å². The molecule has 0 bridgehead atoms. The Kier molecular flexibility index (Phi) is 8.74. The van der Waals surface area contributed by atoms with Crippen LogP contribution >= 0.6 is 57.6 Å². The van der Waals surface area contributed by atoms with Crippen molar-refractivity contribution in [3.05, 3.63) is 90.3 Å². The molecule has 1 heterocycles. The first-order valence-electron chi connectivity index (χ1n) is 10.7. The van der Waals surface area contributed by atoms with Gasteiger partial charge in [0.05, 0.1) is 21.6 Å². The minimum atomic E-state index is -4.10. The van der Waals surface area contributed by atoms with Crippen LogP contribution in [0.1, 0.15) is 18.1 Å². The number of nitrogens with zero attached hydrogens (tertiary/aromatic N) is 1. The summed E-state index contributed by atoms with van der Waals surface area (Å²) in [5.74, 6) is -0.280. The van der Waals surface area contributed by atoms with Crippen LogP contribution in [0.4, 0.5) is 4.79 Å². The Labute approximate surface area is 242 Å². The molecular formula is C25H18Cl2INO6S2. The van der Waals surface area contributed by atoms with E-state index in [9.17, 15) is 18.0 Å². The van der Waals surface area contributed by atoms with E-state index < -0.39 is 21.3 Å². The van der Waals surface area contributed by atoms with Crippen LogP contribution in [-0.4, -0.2) is 31.1 Å².